The van der Waals surface area contributed by atoms with E-state index in [0.717, 1.165) is 27.6 Å². The van der Waals surface area contributed by atoms with Crippen LogP contribution in [0.4, 0.5) is 0 Å². The number of hydrogen-bond acceptors (Lipinski definition) is 2. The summed E-state index contributed by atoms with van der Waals surface area (Å²) < 4.78 is 2.70. The van der Waals surface area contributed by atoms with E-state index < -0.39 is 0 Å². The van der Waals surface area contributed by atoms with Crippen LogP contribution >= 0.6 is 15.9 Å². The van der Waals surface area contributed by atoms with E-state index in [0.29, 0.717) is 5.56 Å². The van der Waals surface area contributed by atoms with Crippen molar-refractivity contribution in [3.8, 4) is 5.69 Å². The van der Waals surface area contributed by atoms with Crippen molar-refractivity contribution in [2.45, 2.75) is 0 Å². The zero-order valence-electron chi connectivity index (χ0n) is 9.38. The maximum absolute atomic E-state index is 11.1. The molecule has 3 aromatic rings. The lowest BCUT2D eigenvalue weighted by Crippen LogP contribution is -1.98. The van der Waals surface area contributed by atoms with Gasteiger partial charge in [-0.2, -0.15) is 0 Å². The molecule has 0 saturated heterocycles. The molecule has 0 saturated carbocycles. The van der Waals surface area contributed by atoms with E-state index in [-0.39, 0.29) is 0 Å². The average molecular weight is 301 g/mol. The number of pyridine rings is 1. The lowest BCUT2D eigenvalue weighted by atomic mass is 10.2. The summed E-state index contributed by atoms with van der Waals surface area (Å²) in [6, 6.07) is 13.3. The Morgan fingerprint density at radius 2 is 1.94 bits per heavy atom. The number of aldehydes is 1. The molecule has 0 unspecified atom stereocenters. The highest BCUT2D eigenvalue weighted by molar-refractivity contribution is 9.10. The summed E-state index contributed by atoms with van der Waals surface area (Å²) >= 11 is 3.37. The van der Waals surface area contributed by atoms with Gasteiger partial charge in [-0.15, -0.1) is 0 Å². The monoisotopic (exact) mass is 300 g/mol. The molecule has 0 atom stereocenters. The van der Waals surface area contributed by atoms with Crippen molar-refractivity contribution in [1.29, 1.82) is 0 Å². The number of halogens is 1. The van der Waals surface area contributed by atoms with E-state index in [1.807, 2.05) is 47.2 Å². The van der Waals surface area contributed by atoms with E-state index in [9.17, 15) is 4.79 Å². The van der Waals surface area contributed by atoms with Crippen LogP contribution in [0, 0.1) is 0 Å². The topological polar surface area (TPSA) is 34.9 Å². The molecule has 0 bridgehead atoms. The Balaban J connectivity index is 2.31. The molecule has 0 aliphatic heterocycles. The summed E-state index contributed by atoms with van der Waals surface area (Å²) in [4.78, 5) is 15.5. The summed E-state index contributed by atoms with van der Waals surface area (Å²) in [5.74, 6) is 0. The van der Waals surface area contributed by atoms with E-state index in [2.05, 4.69) is 20.9 Å². The second kappa shape index (κ2) is 4.38. The first-order valence-corrected chi connectivity index (χ1v) is 6.27. The van der Waals surface area contributed by atoms with Gasteiger partial charge in [0.25, 0.3) is 0 Å². The fraction of sp³-hybridized carbons (Fsp3) is 0. The highest BCUT2D eigenvalue weighted by Crippen LogP contribution is 2.22. The third-order valence-corrected chi connectivity index (χ3v) is 3.27. The third-order valence-electron chi connectivity index (χ3n) is 2.83. The number of benzene rings is 1. The van der Waals surface area contributed by atoms with E-state index in [1.54, 1.807) is 6.07 Å². The Labute approximate surface area is 112 Å². The maximum Gasteiger partial charge on any atom is 0.152 e. The van der Waals surface area contributed by atoms with Crippen molar-refractivity contribution in [2.24, 2.45) is 0 Å². The second-order valence-corrected chi connectivity index (χ2v) is 4.72. The Kier molecular flexibility index (Phi) is 2.72. The second-order valence-electron chi connectivity index (χ2n) is 3.91. The van der Waals surface area contributed by atoms with Crippen LogP contribution in [0.1, 0.15) is 10.4 Å². The number of fused-ring (bicyclic) bond motifs is 1. The van der Waals surface area contributed by atoms with Crippen molar-refractivity contribution < 1.29 is 4.79 Å². The molecule has 3 nitrogen and oxygen atoms in total. The van der Waals surface area contributed by atoms with Gasteiger partial charge in [-0.3, -0.25) is 4.79 Å². The summed E-state index contributed by atoms with van der Waals surface area (Å²) in [6.07, 6.45) is 2.78. The highest BCUT2D eigenvalue weighted by Gasteiger charge is 2.08. The van der Waals surface area contributed by atoms with Crippen LogP contribution in [0.5, 0.6) is 0 Å². The van der Waals surface area contributed by atoms with Gasteiger partial charge in [0.15, 0.2) is 6.29 Å². The van der Waals surface area contributed by atoms with Crippen molar-refractivity contribution in [2.75, 3.05) is 0 Å². The lowest BCUT2D eigenvalue weighted by molar-refractivity contribution is 0.112. The minimum absolute atomic E-state index is 0.650. The van der Waals surface area contributed by atoms with E-state index in [1.165, 1.54) is 0 Å². The predicted molar refractivity (Wildman–Crippen MR) is 74.2 cm³/mol. The molecular weight excluding hydrogens is 292 g/mol. The zero-order valence-corrected chi connectivity index (χ0v) is 11.0. The summed E-state index contributed by atoms with van der Waals surface area (Å²) in [7, 11) is 0. The molecular formula is C14H9BrN2O. The van der Waals surface area contributed by atoms with Gasteiger partial charge < -0.3 is 4.57 Å². The Morgan fingerprint density at radius 1 is 1.11 bits per heavy atom. The minimum Gasteiger partial charge on any atom is -0.301 e. The van der Waals surface area contributed by atoms with Crippen LogP contribution in [-0.4, -0.2) is 15.8 Å². The van der Waals surface area contributed by atoms with Gasteiger partial charge in [0, 0.05) is 17.1 Å². The maximum atomic E-state index is 11.1. The first-order chi connectivity index (χ1) is 8.79. The fourth-order valence-corrected chi connectivity index (χ4v) is 2.29. The first kappa shape index (κ1) is 11.2. The number of rotatable bonds is 2. The molecule has 2 heterocycles. The standard InChI is InChI=1S/C14H9BrN2O/c15-13-6-5-10-7-8-17(14(10)16-13)12-4-2-1-3-11(12)9-18/h1-9H. The van der Waals surface area contributed by atoms with Gasteiger partial charge in [-0.1, -0.05) is 12.1 Å². The smallest absolute Gasteiger partial charge is 0.152 e. The van der Waals surface area contributed by atoms with Crippen molar-refractivity contribution in [3.05, 3.63) is 58.8 Å². The molecule has 4 heteroatoms. The SMILES string of the molecule is O=Cc1ccccc1-n1ccc2ccc(Br)nc21. The van der Waals surface area contributed by atoms with Crippen LogP contribution in [0.3, 0.4) is 0 Å². The third kappa shape index (κ3) is 1.75. The molecule has 0 amide bonds. The van der Waals surface area contributed by atoms with Gasteiger partial charge in [0.05, 0.1) is 5.69 Å². The lowest BCUT2D eigenvalue weighted by Gasteiger charge is -2.07. The molecule has 1 aromatic carbocycles. The normalized spacial score (nSPS) is 10.7. The molecule has 18 heavy (non-hydrogen) atoms. The van der Waals surface area contributed by atoms with Gasteiger partial charge in [0.1, 0.15) is 10.3 Å². The number of para-hydroxylation sites is 1. The molecule has 3 rings (SSSR count). The van der Waals surface area contributed by atoms with Crippen LogP contribution < -0.4 is 0 Å². The molecule has 2 aromatic heterocycles. The Morgan fingerprint density at radius 3 is 2.78 bits per heavy atom. The Hall–Kier alpha value is -1.94. The molecule has 88 valence electrons. The molecule has 0 aliphatic carbocycles. The van der Waals surface area contributed by atoms with Gasteiger partial charge in [-0.25, -0.2) is 4.98 Å². The number of carbonyl (C=O) groups is 1. The van der Waals surface area contributed by atoms with Gasteiger partial charge >= 0.3 is 0 Å². The largest absolute Gasteiger partial charge is 0.301 e. The number of hydrogen-bond donors (Lipinski definition) is 0. The fourth-order valence-electron chi connectivity index (χ4n) is 1.99. The van der Waals surface area contributed by atoms with Crippen molar-refractivity contribution in [3.63, 3.8) is 0 Å². The van der Waals surface area contributed by atoms with Crippen molar-refractivity contribution >= 4 is 33.2 Å². The number of nitrogens with zero attached hydrogens (tertiary/aromatic N) is 2. The molecule has 0 aliphatic rings. The van der Waals surface area contributed by atoms with Crippen LogP contribution in [-0.2, 0) is 0 Å². The van der Waals surface area contributed by atoms with E-state index >= 15 is 0 Å². The summed E-state index contributed by atoms with van der Waals surface area (Å²) in [5, 5.41) is 1.04. The Bertz CT molecular complexity index is 733. The van der Waals surface area contributed by atoms with Crippen molar-refractivity contribution in [1.82, 2.24) is 9.55 Å². The predicted octanol–water partition coefficient (Wildman–Crippen LogP) is 3.60. The zero-order chi connectivity index (χ0) is 12.5. The van der Waals surface area contributed by atoms with E-state index in [4.69, 9.17) is 0 Å². The van der Waals surface area contributed by atoms with Crippen LogP contribution in [0.2, 0.25) is 0 Å². The summed E-state index contributed by atoms with van der Waals surface area (Å²) in [5.41, 5.74) is 2.32. The number of aromatic nitrogens is 2. The molecule has 0 spiro atoms. The molecule has 0 N–H and O–H groups in total. The summed E-state index contributed by atoms with van der Waals surface area (Å²) in [6.45, 7) is 0. The van der Waals surface area contributed by atoms with Gasteiger partial charge in [-0.05, 0) is 46.3 Å². The van der Waals surface area contributed by atoms with Crippen LogP contribution in [0.25, 0.3) is 16.7 Å². The quantitative estimate of drug-likeness (QED) is 0.535. The van der Waals surface area contributed by atoms with Gasteiger partial charge in [0.2, 0.25) is 0 Å². The molecule has 0 radical (unpaired) electrons. The average Bonchev–Trinajstić information content (AvgIpc) is 2.81. The minimum atomic E-state index is 0.650. The van der Waals surface area contributed by atoms with Crippen LogP contribution in [0.15, 0.2) is 53.3 Å². The number of carbonyl (C=O) groups excluding carboxylic acids is 1. The highest BCUT2D eigenvalue weighted by atomic mass is 79.9. The first-order valence-electron chi connectivity index (χ1n) is 5.48. The molecule has 0 fully saturated rings.